The van der Waals surface area contributed by atoms with Crippen LogP contribution in [0.15, 0.2) is 11.0 Å². The summed E-state index contributed by atoms with van der Waals surface area (Å²) < 4.78 is 0.928. The zero-order valence-corrected chi connectivity index (χ0v) is 6.79. The van der Waals surface area contributed by atoms with E-state index in [1.54, 1.807) is 0 Å². The number of hydrogen-bond donors (Lipinski definition) is 3. The Balaban J connectivity index is 2.84. The molecule has 7 heteroatoms. The molecule has 0 fully saturated rings. The number of anilines is 1. The van der Waals surface area contributed by atoms with Crippen molar-refractivity contribution in [2.45, 2.75) is 12.6 Å². The molecule has 1 atom stereocenters. The lowest BCUT2D eigenvalue weighted by Gasteiger charge is -2.07. The van der Waals surface area contributed by atoms with Gasteiger partial charge in [0.1, 0.15) is 5.82 Å². The van der Waals surface area contributed by atoms with Crippen LogP contribution in [-0.2, 0) is 6.54 Å². The van der Waals surface area contributed by atoms with Crippen molar-refractivity contribution < 1.29 is 10.2 Å². The van der Waals surface area contributed by atoms with E-state index in [0.29, 0.717) is 0 Å². The number of aromatic nitrogens is 3. The zero-order chi connectivity index (χ0) is 9.84. The molecule has 1 rings (SSSR count). The van der Waals surface area contributed by atoms with Crippen molar-refractivity contribution >= 4 is 5.82 Å². The second-order valence-electron chi connectivity index (χ2n) is 2.48. The van der Waals surface area contributed by atoms with Gasteiger partial charge in [0.15, 0.2) is 0 Å². The topological polar surface area (TPSA) is 114 Å². The SMILES string of the molecule is Nc1cnn(C[C@H](O)CO)c(=O)n1. The Morgan fingerprint density at radius 2 is 2.38 bits per heavy atom. The van der Waals surface area contributed by atoms with Crippen LogP contribution in [0.1, 0.15) is 0 Å². The Bertz CT molecular complexity index is 337. The monoisotopic (exact) mass is 186 g/mol. The van der Waals surface area contributed by atoms with Crippen LogP contribution in [0.5, 0.6) is 0 Å². The Morgan fingerprint density at radius 3 is 2.92 bits per heavy atom. The van der Waals surface area contributed by atoms with E-state index in [-0.39, 0.29) is 12.4 Å². The van der Waals surface area contributed by atoms with Crippen molar-refractivity contribution in [3.05, 3.63) is 16.7 Å². The Morgan fingerprint density at radius 1 is 1.69 bits per heavy atom. The minimum atomic E-state index is -1.02. The molecule has 13 heavy (non-hydrogen) atoms. The fraction of sp³-hybridized carbons (Fsp3) is 0.500. The van der Waals surface area contributed by atoms with Crippen LogP contribution in [0, 0.1) is 0 Å². The smallest absolute Gasteiger partial charge is 0.366 e. The van der Waals surface area contributed by atoms with E-state index in [1.165, 1.54) is 6.20 Å². The molecule has 0 aromatic carbocycles. The maximum Gasteiger partial charge on any atom is 0.366 e. The van der Waals surface area contributed by atoms with Gasteiger partial charge in [-0.15, -0.1) is 0 Å². The first-order chi connectivity index (χ1) is 6.13. The van der Waals surface area contributed by atoms with Crippen LogP contribution in [0.4, 0.5) is 5.82 Å². The maximum atomic E-state index is 11.0. The van der Waals surface area contributed by atoms with E-state index < -0.39 is 18.4 Å². The highest BCUT2D eigenvalue weighted by atomic mass is 16.3. The molecule has 4 N–H and O–H groups in total. The molecule has 0 amide bonds. The minimum absolute atomic E-state index is 0.0275. The van der Waals surface area contributed by atoms with Gasteiger partial charge < -0.3 is 15.9 Å². The van der Waals surface area contributed by atoms with E-state index in [1.807, 2.05) is 0 Å². The van der Waals surface area contributed by atoms with E-state index in [9.17, 15) is 4.79 Å². The van der Waals surface area contributed by atoms with E-state index in [2.05, 4.69) is 10.1 Å². The average Bonchev–Trinajstić information content (AvgIpc) is 2.09. The molecule has 0 bridgehead atoms. The fourth-order valence-corrected chi connectivity index (χ4v) is 0.758. The van der Waals surface area contributed by atoms with Crippen molar-refractivity contribution in [2.24, 2.45) is 0 Å². The lowest BCUT2D eigenvalue weighted by Crippen LogP contribution is -2.32. The first kappa shape index (κ1) is 9.62. The molecule has 0 saturated heterocycles. The molecule has 0 aliphatic rings. The molecule has 0 aliphatic carbocycles. The standard InChI is InChI=1S/C6H10N4O3/c7-5-1-8-10(6(13)9-5)2-4(12)3-11/h1,4,11-12H,2-3H2,(H2,7,9,13)/t4-/m0/s1. The van der Waals surface area contributed by atoms with Gasteiger partial charge in [-0.25, -0.2) is 9.48 Å². The minimum Gasteiger partial charge on any atom is -0.394 e. The van der Waals surface area contributed by atoms with Crippen molar-refractivity contribution in [3.63, 3.8) is 0 Å². The summed E-state index contributed by atoms with van der Waals surface area (Å²) in [6.07, 6.45) is 0.182. The third kappa shape index (κ3) is 2.49. The highest BCUT2D eigenvalue weighted by Gasteiger charge is 2.06. The zero-order valence-electron chi connectivity index (χ0n) is 6.79. The number of nitrogens with two attached hydrogens (primary N) is 1. The molecule has 0 spiro atoms. The van der Waals surface area contributed by atoms with Crippen LogP contribution in [0.2, 0.25) is 0 Å². The molecule has 72 valence electrons. The van der Waals surface area contributed by atoms with Crippen molar-refractivity contribution in [1.29, 1.82) is 0 Å². The van der Waals surface area contributed by atoms with E-state index in [0.717, 1.165) is 4.68 Å². The quantitative estimate of drug-likeness (QED) is 0.483. The number of aliphatic hydroxyl groups excluding tert-OH is 2. The molecule has 0 unspecified atom stereocenters. The summed E-state index contributed by atoms with van der Waals surface area (Å²) in [6.45, 7) is -0.527. The summed E-state index contributed by atoms with van der Waals surface area (Å²) in [5.74, 6) is 0.0275. The lowest BCUT2D eigenvalue weighted by molar-refractivity contribution is 0.0765. The van der Waals surface area contributed by atoms with E-state index >= 15 is 0 Å². The third-order valence-corrected chi connectivity index (χ3v) is 1.37. The van der Waals surface area contributed by atoms with Crippen LogP contribution < -0.4 is 11.4 Å². The lowest BCUT2D eigenvalue weighted by atomic mass is 10.4. The van der Waals surface area contributed by atoms with Gasteiger partial charge in [-0.2, -0.15) is 10.1 Å². The third-order valence-electron chi connectivity index (χ3n) is 1.37. The number of nitrogen functional groups attached to an aromatic ring is 1. The predicted molar refractivity (Wildman–Crippen MR) is 43.8 cm³/mol. The van der Waals surface area contributed by atoms with Crippen LogP contribution >= 0.6 is 0 Å². The fourth-order valence-electron chi connectivity index (χ4n) is 0.758. The normalized spacial score (nSPS) is 12.8. The van der Waals surface area contributed by atoms with Gasteiger partial charge in [0, 0.05) is 0 Å². The summed E-state index contributed by atoms with van der Waals surface area (Å²) in [4.78, 5) is 14.4. The summed E-state index contributed by atoms with van der Waals surface area (Å²) in [6, 6.07) is 0. The molecule has 1 aromatic heterocycles. The van der Waals surface area contributed by atoms with Gasteiger partial charge in [-0.3, -0.25) is 0 Å². The van der Waals surface area contributed by atoms with Crippen LogP contribution in [-0.4, -0.2) is 37.7 Å². The first-order valence-electron chi connectivity index (χ1n) is 3.62. The van der Waals surface area contributed by atoms with Crippen LogP contribution in [0.3, 0.4) is 0 Å². The second kappa shape index (κ2) is 3.97. The summed E-state index contributed by atoms with van der Waals surface area (Å²) in [5, 5.41) is 21.1. The highest BCUT2D eigenvalue weighted by molar-refractivity contribution is 5.19. The van der Waals surface area contributed by atoms with Gasteiger partial charge >= 0.3 is 5.69 Å². The van der Waals surface area contributed by atoms with Crippen molar-refractivity contribution in [3.8, 4) is 0 Å². The summed E-state index contributed by atoms with van der Waals surface area (Å²) >= 11 is 0. The summed E-state index contributed by atoms with van der Waals surface area (Å²) in [7, 11) is 0. The molecule has 0 saturated carbocycles. The Kier molecular flexibility index (Phi) is 2.93. The van der Waals surface area contributed by atoms with Gasteiger partial charge in [-0.1, -0.05) is 0 Å². The number of aliphatic hydroxyl groups is 2. The molecular weight excluding hydrogens is 176 g/mol. The number of hydrogen-bond acceptors (Lipinski definition) is 6. The van der Waals surface area contributed by atoms with Gasteiger partial charge in [-0.05, 0) is 0 Å². The number of nitrogens with zero attached hydrogens (tertiary/aromatic N) is 3. The molecule has 1 aromatic rings. The molecule has 7 nitrogen and oxygen atoms in total. The highest BCUT2D eigenvalue weighted by Crippen LogP contribution is 1.87. The second-order valence-corrected chi connectivity index (χ2v) is 2.48. The number of rotatable bonds is 3. The Hall–Kier alpha value is -1.47. The summed E-state index contributed by atoms with van der Waals surface area (Å²) in [5.41, 5.74) is 4.55. The Labute approximate surface area is 73.5 Å². The van der Waals surface area contributed by atoms with Gasteiger partial charge in [0.2, 0.25) is 0 Å². The van der Waals surface area contributed by atoms with E-state index in [4.69, 9.17) is 15.9 Å². The average molecular weight is 186 g/mol. The van der Waals surface area contributed by atoms with Crippen molar-refractivity contribution in [2.75, 3.05) is 12.3 Å². The maximum absolute atomic E-state index is 11.0. The molecular formula is C6H10N4O3. The van der Waals surface area contributed by atoms with Crippen LogP contribution in [0.25, 0.3) is 0 Å². The van der Waals surface area contributed by atoms with Gasteiger partial charge in [0.05, 0.1) is 25.5 Å². The first-order valence-corrected chi connectivity index (χ1v) is 3.62. The largest absolute Gasteiger partial charge is 0.394 e. The molecule has 0 radical (unpaired) electrons. The van der Waals surface area contributed by atoms with Crippen molar-refractivity contribution in [1.82, 2.24) is 14.8 Å². The van der Waals surface area contributed by atoms with Gasteiger partial charge in [0.25, 0.3) is 0 Å². The molecule has 0 aliphatic heterocycles. The molecule has 1 heterocycles. The predicted octanol–water partition coefficient (Wildman–Crippen LogP) is -2.43.